The lowest BCUT2D eigenvalue weighted by Crippen LogP contribution is -2.38. The maximum atomic E-state index is 12.1. The van der Waals surface area contributed by atoms with Crippen LogP contribution in [0.2, 0.25) is 0 Å². The Morgan fingerprint density at radius 1 is 1.04 bits per heavy atom. The van der Waals surface area contributed by atoms with Crippen LogP contribution in [0.5, 0.6) is 0 Å². The van der Waals surface area contributed by atoms with Crippen LogP contribution in [0.4, 0.5) is 5.69 Å². The van der Waals surface area contributed by atoms with Gasteiger partial charge in [-0.15, -0.1) is 0 Å². The molecule has 4 heteroatoms. The molecule has 4 nitrogen and oxygen atoms in total. The molecule has 2 aromatic rings. The smallest absolute Gasteiger partial charge is 0.224 e. The van der Waals surface area contributed by atoms with Gasteiger partial charge in [0.05, 0.1) is 6.42 Å². The van der Waals surface area contributed by atoms with E-state index in [1.165, 1.54) is 5.56 Å². The van der Waals surface area contributed by atoms with Crippen LogP contribution in [0.25, 0.3) is 0 Å². The summed E-state index contributed by atoms with van der Waals surface area (Å²) < 4.78 is 0. The van der Waals surface area contributed by atoms with E-state index in [1.54, 1.807) is 11.8 Å². The zero-order chi connectivity index (χ0) is 18.2. The molecule has 2 aromatic carbocycles. The molecule has 25 heavy (non-hydrogen) atoms. The van der Waals surface area contributed by atoms with Gasteiger partial charge in [0, 0.05) is 25.7 Å². The number of aryl methyl sites for hydroxylation is 2. The Bertz CT molecular complexity index is 723. The number of rotatable bonds is 7. The summed E-state index contributed by atoms with van der Waals surface area (Å²) in [6.45, 7) is 6.53. The minimum atomic E-state index is -0.0302. The monoisotopic (exact) mass is 338 g/mol. The average Bonchev–Trinajstić information content (AvgIpc) is 2.60. The minimum absolute atomic E-state index is 0.0286. The van der Waals surface area contributed by atoms with Crippen molar-refractivity contribution < 1.29 is 9.59 Å². The van der Waals surface area contributed by atoms with Crippen molar-refractivity contribution in [3.05, 3.63) is 65.2 Å². The zero-order valence-electron chi connectivity index (χ0n) is 15.2. The number of anilines is 1. The van der Waals surface area contributed by atoms with E-state index in [4.69, 9.17) is 0 Å². The van der Waals surface area contributed by atoms with Crippen molar-refractivity contribution >= 4 is 17.5 Å². The molecule has 0 aromatic heterocycles. The standard InChI is InChI=1S/C21H26N2O2/c1-4-18-9-11-20(12-10-18)23(17(3)24)14-13-22-21(25)15-19-8-6-5-7-16(19)2/h5-12H,4,13-15H2,1-3H3,(H,22,25). The van der Waals surface area contributed by atoms with Gasteiger partial charge in [0.2, 0.25) is 11.8 Å². The highest BCUT2D eigenvalue weighted by Gasteiger charge is 2.12. The highest BCUT2D eigenvalue weighted by Crippen LogP contribution is 2.15. The van der Waals surface area contributed by atoms with E-state index in [9.17, 15) is 9.59 Å². The van der Waals surface area contributed by atoms with E-state index in [0.29, 0.717) is 19.5 Å². The quantitative estimate of drug-likeness (QED) is 0.842. The Labute approximate surface area is 149 Å². The first-order chi connectivity index (χ1) is 12.0. The van der Waals surface area contributed by atoms with Gasteiger partial charge in [0.1, 0.15) is 0 Å². The van der Waals surface area contributed by atoms with Gasteiger partial charge in [0.15, 0.2) is 0 Å². The van der Waals surface area contributed by atoms with Crippen LogP contribution in [0.15, 0.2) is 48.5 Å². The molecule has 132 valence electrons. The topological polar surface area (TPSA) is 49.4 Å². The SMILES string of the molecule is CCc1ccc(N(CCNC(=O)Cc2ccccc2C)C(C)=O)cc1. The molecular formula is C21H26N2O2. The third-order valence-corrected chi connectivity index (χ3v) is 4.31. The highest BCUT2D eigenvalue weighted by atomic mass is 16.2. The van der Waals surface area contributed by atoms with E-state index >= 15 is 0 Å². The number of hydrogen-bond donors (Lipinski definition) is 1. The van der Waals surface area contributed by atoms with E-state index in [0.717, 1.165) is 23.2 Å². The summed E-state index contributed by atoms with van der Waals surface area (Å²) in [6, 6.07) is 15.8. The summed E-state index contributed by atoms with van der Waals surface area (Å²) in [5.41, 5.74) is 4.23. The summed E-state index contributed by atoms with van der Waals surface area (Å²) in [4.78, 5) is 25.7. The van der Waals surface area contributed by atoms with E-state index < -0.39 is 0 Å². The molecule has 0 aliphatic carbocycles. The number of carbonyl (C=O) groups is 2. The van der Waals surface area contributed by atoms with Crippen molar-refractivity contribution in [2.45, 2.75) is 33.6 Å². The summed E-state index contributed by atoms with van der Waals surface area (Å²) in [6.07, 6.45) is 1.33. The predicted octanol–water partition coefficient (Wildman–Crippen LogP) is 3.27. The molecule has 0 bridgehead atoms. The van der Waals surface area contributed by atoms with Gasteiger partial charge in [-0.1, -0.05) is 43.3 Å². The molecule has 0 spiro atoms. The van der Waals surface area contributed by atoms with Gasteiger partial charge in [-0.25, -0.2) is 0 Å². The van der Waals surface area contributed by atoms with Crippen LogP contribution in [0.3, 0.4) is 0 Å². The van der Waals surface area contributed by atoms with Crippen LogP contribution in [-0.2, 0) is 22.4 Å². The third-order valence-electron chi connectivity index (χ3n) is 4.31. The zero-order valence-corrected chi connectivity index (χ0v) is 15.2. The molecule has 0 unspecified atom stereocenters. The number of hydrogen-bond acceptors (Lipinski definition) is 2. The first-order valence-electron chi connectivity index (χ1n) is 8.69. The van der Waals surface area contributed by atoms with E-state index in [1.807, 2.05) is 55.5 Å². The molecule has 0 aliphatic rings. The van der Waals surface area contributed by atoms with Crippen LogP contribution < -0.4 is 10.2 Å². The minimum Gasteiger partial charge on any atom is -0.354 e. The Morgan fingerprint density at radius 2 is 1.72 bits per heavy atom. The molecule has 0 aliphatic heterocycles. The number of nitrogens with zero attached hydrogens (tertiary/aromatic N) is 1. The van der Waals surface area contributed by atoms with Gasteiger partial charge in [-0.2, -0.15) is 0 Å². The number of carbonyl (C=O) groups excluding carboxylic acids is 2. The Hall–Kier alpha value is -2.62. The third kappa shape index (κ3) is 5.45. The van der Waals surface area contributed by atoms with Crippen molar-refractivity contribution in [3.8, 4) is 0 Å². The lowest BCUT2D eigenvalue weighted by atomic mass is 10.1. The molecule has 0 radical (unpaired) electrons. The molecule has 2 rings (SSSR count). The second-order valence-corrected chi connectivity index (χ2v) is 6.14. The fraction of sp³-hybridized carbons (Fsp3) is 0.333. The number of nitrogens with one attached hydrogen (secondary N) is 1. The molecular weight excluding hydrogens is 312 g/mol. The van der Waals surface area contributed by atoms with Crippen molar-refractivity contribution in [1.82, 2.24) is 5.32 Å². The second kappa shape index (κ2) is 9.02. The molecule has 0 heterocycles. The average molecular weight is 338 g/mol. The first-order valence-corrected chi connectivity index (χ1v) is 8.69. The number of benzene rings is 2. The maximum absolute atomic E-state index is 12.1. The fourth-order valence-corrected chi connectivity index (χ4v) is 2.73. The van der Waals surface area contributed by atoms with Crippen molar-refractivity contribution in [2.24, 2.45) is 0 Å². The molecule has 0 atom stereocenters. The Morgan fingerprint density at radius 3 is 2.32 bits per heavy atom. The van der Waals surface area contributed by atoms with Gasteiger partial charge in [0.25, 0.3) is 0 Å². The lowest BCUT2D eigenvalue weighted by molar-refractivity contribution is -0.121. The fourth-order valence-electron chi connectivity index (χ4n) is 2.73. The van der Waals surface area contributed by atoms with Crippen LogP contribution >= 0.6 is 0 Å². The number of amides is 2. The van der Waals surface area contributed by atoms with Crippen molar-refractivity contribution in [1.29, 1.82) is 0 Å². The summed E-state index contributed by atoms with van der Waals surface area (Å²) in [7, 11) is 0. The first kappa shape index (κ1) is 18.7. The second-order valence-electron chi connectivity index (χ2n) is 6.14. The van der Waals surface area contributed by atoms with Gasteiger partial charge >= 0.3 is 0 Å². The van der Waals surface area contributed by atoms with Crippen LogP contribution in [-0.4, -0.2) is 24.9 Å². The summed E-state index contributed by atoms with van der Waals surface area (Å²) in [5.74, 6) is -0.0588. The maximum Gasteiger partial charge on any atom is 0.224 e. The lowest BCUT2D eigenvalue weighted by Gasteiger charge is -2.21. The normalized spacial score (nSPS) is 10.4. The molecule has 0 saturated heterocycles. The molecule has 1 N–H and O–H groups in total. The Balaban J connectivity index is 1.89. The van der Waals surface area contributed by atoms with Crippen molar-refractivity contribution in [3.63, 3.8) is 0 Å². The molecule has 0 fully saturated rings. The van der Waals surface area contributed by atoms with Gasteiger partial charge in [-0.05, 0) is 42.2 Å². The van der Waals surface area contributed by atoms with Crippen LogP contribution in [0.1, 0.15) is 30.5 Å². The predicted molar refractivity (Wildman–Crippen MR) is 102 cm³/mol. The van der Waals surface area contributed by atoms with E-state index in [2.05, 4.69) is 12.2 Å². The largest absolute Gasteiger partial charge is 0.354 e. The molecule has 2 amide bonds. The van der Waals surface area contributed by atoms with Crippen molar-refractivity contribution in [2.75, 3.05) is 18.0 Å². The Kier molecular flexibility index (Phi) is 6.75. The summed E-state index contributed by atoms with van der Waals surface area (Å²) in [5, 5.41) is 2.90. The van der Waals surface area contributed by atoms with Gasteiger partial charge in [-0.3, -0.25) is 9.59 Å². The van der Waals surface area contributed by atoms with E-state index in [-0.39, 0.29) is 11.8 Å². The van der Waals surface area contributed by atoms with Crippen LogP contribution in [0, 0.1) is 6.92 Å². The van der Waals surface area contributed by atoms with Gasteiger partial charge < -0.3 is 10.2 Å². The highest BCUT2D eigenvalue weighted by molar-refractivity contribution is 5.91. The molecule has 0 saturated carbocycles. The summed E-state index contributed by atoms with van der Waals surface area (Å²) >= 11 is 0.